The van der Waals surface area contributed by atoms with Crippen LogP contribution in [0.5, 0.6) is 0 Å². The van der Waals surface area contributed by atoms with Crippen molar-refractivity contribution in [3.8, 4) is 0 Å². The number of amides is 1. The average molecular weight is 246 g/mol. The molecule has 1 aliphatic carbocycles. The highest BCUT2D eigenvalue weighted by atomic mass is 16.2. The van der Waals surface area contributed by atoms with E-state index in [2.05, 4.69) is 5.32 Å². The summed E-state index contributed by atoms with van der Waals surface area (Å²) in [5, 5.41) is 2.77. The Bertz CT molecular complexity index is 452. The molecule has 1 aromatic rings. The van der Waals surface area contributed by atoms with Gasteiger partial charge in [0, 0.05) is 0 Å². The monoisotopic (exact) mass is 246 g/mol. The van der Waals surface area contributed by atoms with Crippen LogP contribution in [-0.2, 0) is 16.0 Å². The van der Waals surface area contributed by atoms with Gasteiger partial charge in [0.25, 0.3) is 0 Å². The minimum Gasteiger partial charge on any atom is -0.342 e. The van der Waals surface area contributed by atoms with E-state index in [4.69, 9.17) is 5.73 Å². The molecule has 0 bridgehead atoms. The zero-order valence-electron chi connectivity index (χ0n) is 10.5. The van der Waals surface area contributed by atoms with Gasteiger partial charge >= 0.3 is 0 Å². The number of nitrogens with one attached hydrogen (secondary N) is 1. The van der Waals surface area contributed by atoms with Crippen molar-refractivity contribution in [2.45, 2.75) is 37.8 Å². The minimum atomic E-state index is -0.620. The molecule has 0 spiro atoms. The molecule has 1 unspecified atom stereocenters. The summed E-state index contributed by atoms with van der Waals surface area (Å²) in [7, 11) is 0. The van der Waals surface area contributed by atoms with Gasteiger partial charge in [-0.25, -0.2) is 0 Å². The van der Waals surface area contributed by atoms with E-state index < -0.39 is 11.6 Å². The zero-order chi connectivity index (χ0) is 13.2. The number of ketones is 1. The summed E-state index contributed by atoms with van der Waals surface area (Å²) in [4.78, 5) is 23.3. The quantitative estimate of drug-likeness (QED) is 0.807. The second-order valence-corrected chi connectivity index (χ2v) is 4.92. The fraction of sp³-hybridized carbons (Fsp3) is 0.429. The van der Waals surface area contributed by atoms with Gasteiger partial charge in [-0.1, -0.05) is 30.3 Å². The zero-order valence-corrected chi connectivity index (χ0v) is 10.5. The predicted octanol–water partition coefficient (Wildman–Crippen LogP) is 0.794. The van der Waals surface area contributed by atoms with E-state index in [0.29, 0.717) is 6.42 Å². The van der Waals surface area contributed by atoms with E-state index in [1.54, 1.807) is 0 Å². The fourth-order valence-electron chi connectivity index (χ4n) is 1.98. The molecule has 4 nitrogen and oxygen atoms in total. The molecule has 4 heteroatoms. The molecule has 1 saturated carbocycles. The Labute approximate surface area is 107 Å². The first-order valence-electron chi connectivity index (χ1n) is 6.16. The molecule has 0 saturated heterocycles. The molecule has 0 aliphatic heterocycles. The van der Waals surface area contributed by atoms with Crippen LogP contribution in [0.15, 0.2) is 30.3 Å². The number of Topliss-reactive ketones (excluding diaryl/α,β-unsaturated/α-hetero) is 1. The lowest BCUT2D eigenvalue weighted by atomic mass is 10.1. The molecule has 1 fully saturated rings. The molecule has 18 heavy (non-hydrogen) atoms. The molecule has 3 N–H and O–H groups in total. The number of nitrogens with two attached hydrogens (primary N) is 1. The highest BCUT2D eigenvalue weighted by Gasteiger charge is 2.48. The highest BCUT2D eigenvalue weighted by Crippen LogP contribution is 2.36. The van der Waals surface area contributed by atoms with Gasteiger partial charge in [-0.2, -0.15) is 0 Å². The van der Waals surface area contributed by atoms with Crippen LogP contribution in [0.25, 0.3) is 0 Å². The number of benzene rings is 1. The van der Waals surface area contributed by atoms with Crippen molar-refractivity contribution >= 4 is 11.7 Å². The molecule has 0 aromatic heterocycles. The lowest BCUT2D eigenvalue weighted by molar-refractivity contribution is -0.128. The van der Waals surface area contributed by atoms with Crippen LogP contribution in [0.4, 0.5) is 0 Å². The second kappa shape index (κ2) is 4.90. The maximum absolute atomic E-state index is 11.9. The van der Waals surface area contributed by atoms with Crippen LogP contribution in [0.3, 0.4) is 0 Å². The van der Waals surface area contributed by atoms with E-state index in [-0.39, 0.29) is 11.7 Å². The summed E-state index contributed by atoms with van der Waals surface area (Å²) in [5.74, 6) is -0.227. The van der Waals surface area contributed by atoms with Crippen LogP contribution in [0.1, 0.15) is 25.3 Å². The lowest BCUT2D eigenvalue weighted by Gasteiger charge is -2.18. The molecule has 1 atom stereocenters. The van der Waals surface area contributed by atoms with Gasteiger partial charge in [0.2, 0.25) is 5.91 Å². The first-order chi connectivity index (χ1) is 8.53. The van der Waals surface area contributed by atoms with Crippen molar-refractivity contribution in [1.29, 1.82) is 0 Å². The third kappa shape index (κ3) is 2.76. The van der Waals surface area contributed by atoms with Gasteiger partial charge in [-0.15, -0.1) is 0 Å². The number of carbonyl (C=O) groups is 2. The topological polar surface area (TPSA) is 72.2 Å². The summed E-state index contributed by atoms with van der Waals surface area (Å²) >= 11 is 0. The van der Waals surface area contributed by atoms with Crippen molar-refractivity contribution in [3.63, 3.8) is 0 Å². The summed E-state index contributed by atoms with van der Waals surface area (Å²) in [6.45, 7) is 1.51. The van der Waals surface area contributed by atoms with E-state index in [9.17, 15) is 9.59 Å². The van der Waals surface area contributed by atoms with Crippen LogP contribution in [0.2, 0.25) is 0 Å². The summed E-state index contributed by atoms with van der Waals surface area (Å²) in [6.07, 6.45) is 1.94. The second-order valence-electron chi connectivity index (χ2n) is 4.92. The fourth-order valence-corrected chi connectivity index (χ4v) is 1.98. The highest BCUT2D eigenvalue weighted by molar-refractivity contribution is 5.95. The van der Waals surface area contributed by atoms with Gasteiger partial charge in [0.1, 0.15) is 0 Å². The smallest absolute Gasteiger partial charge is 0.238 e. The van der Waals surface area contributed by atoms with Gasteiger partial charge in [-0.3, -0.25) is 9.59 Å². The molecule has 96 valence electrons. The maximum atomic E-state index is 11.9. The first-order valence-corrected chi connectivity index (χ1v) is 6.16. The Morgan fingerprint density at radius 3 is 2.44 bits per heavy atom. The molecule has 1 aromatic carbocycles. The van der Waals surface area contributed by atoms with Gasteiger partial charge in [0.05, 0.1) is 11.6 Å². The summed E-state index contributed by atoms with van der Waals surface area (Å²) < 4.78 is 0. The largest absolute Gasteiger partial charge is 0.342 e. The standard InChI is InChI=1S/C14H18N2O2/c1-10(17)14(7-8-14)16-13(18)12(15)9-11-5-3-2-4-6-11/h2-6,12H,7-9,15H2,1H3,(H,16,18). The Balaban J connectivity index is 1.92. The lowest BCUT2D eigenvalue weighted by Crippen LogP contribution is -2.50. The Morgan fingerprint density at radius 2 is 1.94 bits per heavy atom. The number of hydrogen-bond acceptors (Lipinski definition) is 3. The normalized spacial score (nSPS) is 17.9. The molecule has 0 heterocycles. The maximum Gasteiger partial charge on any atom is 0.238 e. The molecule has 2 rings (SSSR count). The summed E-state index contributed by atoms with van der Waals surface area (Å²) in [6, 6.07) is 9.01. The number of hydrogen-bond donors (Lipinski definition) is 2. The van der Waals surface area contributed by atoms with E-state index in [0.717, 1.165) is 18.4 Å². The Morgan fingerprint density at radius 1 is 1.33 bits per heavy atom. The van der Waals surface area contributed by atoms with Crippen molar-refractivity contribution in [2.75, 3.05) is 0 Å². The van der Waals surface area contributed by atoms with Crippen molar-refractivity contribution in [1.82, 2.24) is 5.32 Å². The van der Waals surface area contributed by atoms with Crippen LogP contribution in [-0.4, -0.2) is 23.3 Å². The van der Waals surface area contributed by atoms with Crippen molar-refractivity contribution in [2.24, 2.45) is 5.73 Å². The number of carbonyl (C=O) groups excluding carboxylic acids is 2. The molecule has 1 amide bonds. The SMILES string of the molecule is CC(=O)C1(NC(=O)C(N)Cc2ccccc2)CC1. The molecule has 0 radical (unpaired) electrons. The predicted molar refractivity (Wildman–Crippen MR) is 68.9 cm³/mol. The van der Waals surface area contributed by atoms with E-state index in [1.165, 1.54) is 6.92 Å². The third-order valence-electron chi connectivity index (χ3n) is 3.42. The molecule has 1 aliphatic rings. The van der Waals surface area contributed by atoms with E-state index in [1.807, 2.05) is 30.3 Å². The summed E-state index contributed by atoms with van der Waals surface area (Å²) in [5.41, 5.74) is 6.26. The van der Waals surface area contributed by atoms with Gasteiger partial charge < -0.3 is 11.1 Å². The number of rotatable bonds is 5. The van der Waals surface area contributed by atoms with Crippen molar-refractivity contribution < 1.29 is 9.59 Å². The van der Waals surface area contributed by atoms with Crippen LogP contribution >= 0.6 is 0 Å². The van der Waals surface area contributed by atoms with Gasteiger partial charge in [0.15, 0.2) is 5.78 Å². The Kier molecular flexibility index (Phi) is 3.48. The Hall–Kier alpha value is -1.68. The minimum absolute atomic E-state index is 0.0164. The van der Waals surface area contributed by atoms with Crippen LogP contribution in [0, 0.1) is 0 Å². The first kappa shape index (κ1) is 12.8. The van der Waals surface area contributed by atoms with Gasteiger partial charge in [-0.05, 0) is 31.7 Å². The molecular weight excluding hydrogens is 228 g/mol. The third-order valence-corrected chi connectivity index (χ3v) is 3.42. The van der Waals surface area contributed by atoms with E-state index >= 15 is 0 Å². The molecular formula is C14H18N2O2. The van der Waals surface area contributed by atoms with Crippen molar-refractivity contribution in [3.05, 3.63) is 35.9 Å². The van der Waals surface area contributed by atoms with Crippen LogP contribution < -0.4 is 11.1 Å². The average Bonchev–Trinajstić information content (AvgIpc) is 3.11.